The average molecular weight is 164 g/mol. The molecular weight excluding hydrogens is 152 g/mol. The Balaban J connectivity index is 2.59. The third kappa shape index (κ3) is 1.52. The molecule has 5 heteroatoms. The standard InChI is InChI=1S/C6H12O5/c1-2(7)5-3(8)4(9)6(10)11-5/h2-10H,1H3/t2-,3-,4+,5-,6?/m1/s1. The van der Waals surface area contributed by atoms with Crippen LogP contribution in [0, 0.1) is 0 Å². The summed E-state index contributed by atoms with van der Waals surface area (Å²) in [6.07, 6.45) is -5.75. The van der Waals surface area contributed by atoms with Gasteiger partial charge in [-0.25, -0.2) is 0 Å². The second kappa shape index (κ2) is 3.04. The Kier molecular flexibility index (Phi) is 2.46. The lowest BCUT2D eigenvalue weighted by Gasteiger charge is -2.16. The lowest BCUT2D eigenvalue weighted by atomic mass is 10.1. The van der Waals surface area contributed by atoms with E-state index >= 15 is 0 Å². The van der Waals surface area contributed by atoms with E-state index in [2.05, 4.69) is 4.74 Å². The van der Waals surface area contributed by atoms with Gasteiger partial charge in [-0.1, -0.05) is 0 Å². The highest BCUT2D eigenvalue weighted by Crippen LogP contribution is 2.21. The molecule has 0 aromatic rings. The SMILES string of the molecule is C[C@@H](O)[C@H]1OC(O)[C@@H](O)[C@H]1O. The maximum atomic E-state index is 9.10. The van der Waals surface area contributed by atoms with Crippen molar-refractivity contribution in [3.05, 3.63) is 0 Å². The van der Waals surface area contributed by atoms with Gasteiger partial charge in [0.1, 0.15) is 18.3 Å². The fourth-order valence-corrected chi connectivity index (χ4v) is 1.08. The van der Waals surface area contributed by atoms with E-state index in [4.69, 9.17) is 20.4 Å². The maximum Gasteiger partial charge on any atom is 0.184 e. The number of hydrogen-bond acceptors (Lipinski definition) is 5. The Bertz CT molecular complexity index is 137. The summed E-state index contributed by atoms with van der Waals surface area (Å²) in [5.74, 6) is 0. The lowest BCUT2D eigenvalue weighted by Crippen LogP contribution is -2.37. The molecule has 0 bridgehead atoms. The Morgan fingerprint density at radius 2 is 1.73 bits per heavy atom. The average Bonchev–Trinajstić information content (AvgIpc) is 2.17. The molecule has 0 aromatic heterocycles. The number of aliphatic hydroxyl groups excluding tert-OH is 4. The van der Waals surface area contributed by atoms with Gasteiger partial charge in [0.05, 0.1) is 6.10 Å². The fraction of sp³-hybridized carbons (Fsp3) is 1.00. The minimum Gasteiger partial charge on any atom is -0.391 e. The van der Waals surface area contributed by atoms with Crippen LogP contribution in [0.15, 0.2) is 0 Å². The molecule has 0 aromatic carbocycles. The van der Waals surface area contributed by atoms with E-state index in [1.54, 1.807) is 0 Å². The third-order valence-electron chi connectivity index (χ3n) is 1.75. The molecule has 1 heterocycles. The molecule has 1 aliphatic heterocycles. The van der Waals surface area contributed by atoms with Crippen LogP contribution in [-0.2, 0) is 4.74 Å². The van der Waals surface area contributed by atoms with Crippen LogP contribution in [-0.4, -0.2) is 51.1 Å². The van der Waals surface area contributed by atoms with Crippen molar-refractivity contribution in [2.24, 2.45) is 0 Å². The third-order valence-corrected chi connectivity index (χ3v) is 1.75. The molecular formula is C6H12O5. The minimum absolute atomic E-state index is 0.903. The van der Waals surface area contributed by atoms with Gasteiger partial charge in [-0.15, -0.1) is 0 Å². The van der Waals surface area contributed by atoms with Crippen molar-refractivity contribution in [2.45, 2.75) is 37.6 Å². The molecule has 1 aliphatic rings. The normalized spacial score (nSPS) is 47.7. The molecule has 0 aliphatic carbocycles. The summed E-state index contributed by atoms with van der Waals surface area (Å²) in [6.45, 7) is 1.42. The molecule has 4 N–H and O–H groups in total. The number of ether oxygens (including phenoxy) is 1. The monoisotopic (exact) mass is 164 g/mol. The largest absolute Gasteiger partial charge is 0.391 e. The summed E-state index contributed by atoms with van der Waals surface area (Å²) >= 11 is 0. The highest BCUT2D eigenvalue weighted by molar-refractivity contribution is 4.88. The minimum atomic E-state index is -1.40. The molecule has 1 unspecified atom stereocenters. The van der Waals surface area contributed by atoms with Gasteiger partial charge in [-0.05, 0) is 6.92 Å². The van der Waals surface area contributed by atoms with Crippen LogP contribution in [0.1, 0.15) is 6.92 Å². The van der Waals surface area contributed by atoms with Crippen LogP contribution in [0.2, 0.25) is 0 Å². The maximum absolute atomic E-state index is 9.10. The van der Waals surface area contributed by atoms with Gasteiger partial charge in [0.25, 0.3) is 0 Å². The van der Waals surface area contributed by atoms with Crippen molar-refractivity contribution < 1.29 is 25.2 Å². The highest BCUT2D eigenvalue weighted by Gasteiger charge is 2.43. The summed E-state index contributed by atoms with van der Waals surface area (Å²) in [4.78, 5) is 0. The quantitative estimate of drug-likeness (QED) is 0.353. The van der Waals surface area contributed by atoms with Gasteiger partial charge in [0, 0.05) is 0 Å². The fourth-order valence-electron chi connectivity index (χ4n) is 1.08. The molecule has 0 saturated carbocycles. The van der Waals surface area contributed by atoms with Crippen molar-refractivity contribution >= 4 is 0 Å². The Hall–Kier alpha value is -0.200. The van der Waals surface area contributed by atoms with Gasteiger partial charge in [0.15, 0.2) is 6.29 Å². The van der Waals surface area contributed by atoms with Gasteiger partial charge >= 0.3 is 0 Å². The van der Waals surface area contributed by atoms with Gasteiger partial charge < -0.3 is 25.2 Å². The van der Waals surface area contributed by atoms with Crippen LogP contribution in [0.5, 0.6) is 0 Å². The number of rotatable bonds is 1. The first-order chi connectivity index (χ1) is 5.04. The van der Waals surface area contributed by atoms with Crippen molar-refractivity contribution in [3.8, 4) is 0 Å². The zero-order valence-corrected chi connectivity index (χ0v) is 6.08. The predicted octanol–water partition coefficient (Wildman–Crippen LogP) is -2.19. The topological polar surface area (TPSA) is 90.2 Å². The molecule has 0 spiro atoms. The summed E-state index contributed by atoms with van der Waals surface area (Å²) in [6, 6.07) is 0. The van der Waals surface area contributed by atoms with E-state index < -0.39 is 30.7 Å². The van der Waals surface area contributed by atoms with Gasteiger partial charge in [0.2, 0.25) is 0 Å². The van der Waals surface area contributed by atoms with Crippen molar-refractivity contribution in [3.63, 3.8) is 0 Å². The van der Waals surface area contributed by atoms with Crippen LogP contribution in [0.4, 0.5) is 0 Å². The lowest BCUT2D eigenvalue weighted by molar-refractivity contribution is -0.143. The van der Waals surface area contributed by atoms with Crippen LogP contribution in [0.3, 0.4) is 0 Å². The second-order valence-electron chi connectivity index (χ2n) is 2.71. The van der Waals surface area contributed by atoms with E-state index in [1.807, 2.05) is 0 Å². The molecule has 11 heavy (non-hydrogen) atoms. The molecule has 0 radical (unpaired) electrons. The Labute approximate surface area is 63.8 Å². The summed E-state index contributed by atoms with van der Waals surface area (Å²) in [5, 5.41) is 35.8. The molecule has 66 valence electrons. The van der Waals surface area contributed by atoms with E-state index in [9.17, 15) is 0 Å². The molecule has 0 amide bonds. The second-order valence-corrected chi connectivity index (χ2v) is 2.71. The van der Waals surface area contributed by atoms with Crippen molar-refractivity contribution in [2.75, 3.05) is 0 Å². The molecule has 1 saturated heterocycles. The molecule has 5 atom stereocenters. The molecule has 1 rings (SSSR count). The number of aliphatic hydroxyl groups is 4. The van der Waals surface area contributed by atoms with Crippen molar-refractivity contribution in [1.82, 2.24) is 0 Å². The zero-order valence-electron chi connectivity index (χ0n) is 6.08. The number of hydrogen-bond donors (Lipinski definition) is 4. The summed E-state index contributed by atoms with van der Waals surface area (Å²) in [7, 11) is 0. The van der Waals surface area contributed by atoms with Crippen LogP contribution in [0.25, 0.3) is 0 Å². The molecule has 5 nitrogen and oxygen atoms in total. The first kappa shape index (κ1) is 8.89. The Morgan fingerprint density at radius 3 is 1.91 bits per heavy atom. The summed E-state index contributed by atoms with van der Waals surface area (Å²) < 4.78 is 4.65. The van der Waals surface area contributed by atoms with Gasteiger partial charge in [-0.2, -0.15) is 0 Å². The van der Waals surface area contributed by atoms with E-state index in [-0.39, 0.29) is 0 Å². The molecule has 1 fully saturated rings. The highest BCUT2D eigenvalue weighted by atomic mass is 16.6. The first-order valence-electron chi connectivity index (χ1n) is 3.41. The van der Waals surface area contributed by atoms with E-state index in [0.717, 1.165) is 0 Å². The van der Waals surface area contributed by atoms with E-state index in [1.165, 1.54) is 6.92 Å². The first-order valence-corrected chi connectivity index (χ1v) is 3.41. The zero-order chi connectivity index (χ0) is 8.59. The summed E-state index contributed by atoms with van der Waals surface area (Å²) in [5.41, 5.74) is 0. The van der Waals surface area contributed by atoms with Crippen LogP contribution < -0.4 is 0 Å². The predicted molar refractivity (Wildman–Crippen MR) is 34.6 cm³/mol. The van der Waals surface area contributed by atoms with Gasteiger partial charge in [-0.3, -0.25) is 0 Å². The smallest absolute Gasteiger partial charge is 0.184 e. The van der Waals surface area contributed by atoms with E-state index in [0.29, 0.717) is 0 Å². The van der Waals surface area contributed by atoms with Crippen LogP contribution >= 0.6 is 0 Å². The Morgan fingerprint density at radius 1 is 1.18 bits per heavy atom. The van der Waals surface area contributed by atoms with Crippen molar-refractivity contribution in [1.29, 1.82) is 0 Å².